The standard InChI is InChI=1S/C24H29N3O6S/c1-16-12-13-17(2)21(14-16)34(31,32)27-20-11-7-6-10-19(20)23(29)33-15-22(28)26-24(30)25-18-8-4-3-5-9-18/h6-7,10-14,18,27H,3-5,8-9,15H2,1-2H3,(H2,25,26,28,30). The number of para-hydroxylation sites is 1. The summed E-state index contributed by atoms with van der Waals surface area (Å²) in [5, 5.41) is 4.88. The van der Waals surface area contributed by atoms with Gasteiger partial charge in [0.2, 0.25) is 0 Å². The van der Waals surface area contributed by atoms with E-state index in [1.807, 2.05) is 0 Å². The van der Waals surface area contributed by atoms with Crippen LogP contribution in [0.1, 0.15) is 53.6 Å². The maximum absolute atomic E-state index is 12.9. The van der Waals surface area contributed by atoms with E-state index < -0.39 is 34.5 Å². The number of esters is 1. The van der Waals surface area contributed by atoms with Gasteiger partial charge in [-0.2, -0.15) is 0 Å². The van der Waals surface area contributed by atoms with Crippen LogP contribution in [0, 0.1) is 13.8 Å². The van der Waals surface area contributed by atoms with Crippen molar-refractivity contribution in [2.24, 2.45) is 0 Å². The van der Waals surface area contributed by atoms with Crippen molar-refractivity contribution in [3.8, 4) is 0 Å². The second-order valence-corrected chi connectivity index (χ2v) is 10.0. The third-order valence-corrected chi connectivity index (χ3v) is 7.06. The van der Waals surface area contributed by atoms with Gasteiger partial charge in [0.25, 0.3) is 15.9 Å². The predicted molar refractivity (Wildman–Crippen MR) is 127 cm³/mol. The average molecular weight is 488 g/mol. The van der Waals surface area contributed by atoms with Crippen LogP contribution < -0.4 is 15.4 Å². The molecule has 2 aromatic carbocycles. The number of nitrogens with one attached hydrogen (secondary N) is 3. The molecule has 0 radical (unpaired) electrons. The molecule has 2 aromatic rings. The second kappa shape index (κ2) is 11.1. The second-order valence-electron chi connectivity index (χ2n) is 8.35. The van der Waals surface area contributed by atoms with E-state index in [1.165, 1.54) is 12.1 Å². The summed E-state index contributed by atoms with van der Waals surface area (Å²) in [5.74, 6) is -1.68. The van der Waals surface area contributed by atoms with E-state index >= 15 is 0 Å². The predicted octanol–water partition coefficient (Wildman–Crippen LogP) is 3.42. The SMILES string of the molecule is Cc1ccc(C)c(S(=O)(=O)Nc2ccccc2C(=O)OCC(=O)NC(=O)NC2CCCCC2)c1. The number of amides is 3. The van der Waals surface area contributed by atoms with Crippen LogP contribution in [0.25, 0.3) is 0 Å². The minimum Gasteiger partial charge on any atom is -0.452 e. The Morgan fingerprint density at radius 1 is 1.00 bits per heavy atom. The van der Waals surface area contributed by atoms with E-state index in [4.69, 9.17) is 4.74 Å². The van der Waals surface area contributed by atoms with Crippen molar-refractivity contribution in [1.82, 2.24) is 10.6 Å². The molecule has 0 atom stereocenters. The minimum absolute atomic E-state index is 0.0175. The molecule has 0 bridgehead atoms. The molecule has 0 aliphatic heterocycles. The number of hydrogen-bond donors (Lipinski definition) is 3. The van der Waals surface area contributed by atoms with E-state index in [-0.39, 0.29) is 22.2 Å². The Morgan fingerprint density at radius 2 is 1.71 bits per heavy atom. The first-order chi connectivity index (χ1) is 16.2. The molecule has 3 amide bonds. The molecule has 1 saturated carbocycles. The molecule has 182 valence electrons. The number of imide groups is 1. The highest BCUT2D eigenvalue weighted by Gasteiger charge is 2.22. The normalized spacial score (nSPS) is 14.2. The number of sulfonamides is 1. The lowest BCUT2D eigenvalue weighted by Gasteiger charge is -2.22. The topological polar surface area (TPSA) is 131 Å². The molecule has 1 aliphatic carbocycles. The van der Waals surface area contributed by atoms with E-state index in [2.05, 4.69) is 15.4 Å². The Bertz CT molecular complexity index is 1170. The molecule has 3 N–H and O–H groups in total. The van der Waals surface area contributed by atoms with E-state index in [9.17, 15) is 22.8 Å². The fourth-order valence-corrected chi connectivity index (χ4v) is 5.20. The molecule has 1 aliphatic rings. The largest absolute Gasteiger partial charge is 0.452 e. The van der Waals surface area contributed by atoms with E-state index in [0.717, 1.165) is 37.7 Å². The van der Waals surface area contributed by atoms with Crippen molar-refractivity contribution in [3.05, 3.63) is 59.2 Å². The monoisotopic (exact) mass is 487 g/mol. The van der Waals surface area contributed by atoms with Crippen molar-refractivity contribution in [3.63, 3.8) is 0 Å². The van der Waals surface area contributed by atoms with Crippen molar-refractivity contribution in [2.75, 3.05) is 11.3 Å². The van der Waals surface area contributed by atoms with Gasteiger partial charge in [-0.1, -0.05) is 43.5 Å². The lowest BCUT2D eigenvalue weighted by atomic mass is 9.96. The smallest absolute Gasteiger partial charge is 0.340 e. The number of anilines is 1. The fraction of sp³-hybridized carbons (Fsp3) is 0.375. The quantitative estimate of drug-likeness (QED) is 0.513. The number of carbonyl (C=O) groups excluding carboxylic acids is 3. The summed E-state index contributed by atoms with van der Waals surface area (Å²) in [6.45, 7) is 2.77. The van der Waals surface area contributed by atoms with Crippen LogP contribution in [-0.2, 0) is 19.6 Å². The zero-order chi connectivity index (χ0) is 24.7. The molecule has 10 heteroatoms. The lowest BCUT2D eigenvalue weighted by molar-refractivity contribution is -0.123. The van der Waals surface area contributed by atoms with Crippen LogP contribution in [0.3, 0.4) is 0 Å². The number of benzene rings is 2. The third kappa shape index (κ3) is 6.80. The molecule has 0 saturated heterocycles. The van der Waals surface area contributed by atoms with Gasteiger partial charge in [-0.3, -0.25) is 14.8 Å². The fourth-order valence-electron chi connectivity index (χ4n) is 3.79. The highest BCUT2D eigenvalue weighted by atomic mass is 32.2. The molecular weight excluding hydrogens is 458 g/mol. The molecule has 3 rings (SSSR count). The summed E-state index contributed by atoms with van der Waals surface area (Å²) in [7, 11) is -3.97. The zero-order valence-electron chi connectivity index (χ0n) is 19.2. The van der Waals surface area contributed by atoms with Crippen molar-refractivity contribution < 1.29 is 27.5 Å². The molecule has 1 fully saturated rings. The number of aryl methyl sites for hydroxylation is 2. The van der Waals surface area contributed by atoms with Crippen LogP contribution in [0.2, 0.25) is 0 Å². The summed E-state index contributed by atoms with van der Waals surface area (Å²) in [5.41, 5.74) is 1.29. The molecule has 9 nitrogen and oxygen atoms in total. The molecule has 34 heavy (non-hydrogen) atoms. The first-order valence-electron chi connectivity index (χ1n) is 11.1. The van der Waals surface area contributed by atoms with Gasteiger partial charge < -0.3 is 10.1 Å². The summed E-state index contributed by atoms with van der Waals surface area (Å²) in [4.78, 5) is 36.7. The first kappa shape index (κ1) is 25.2. The molecule has 0 aromatic heterocycles. The highest BCUT2D eigenvalue weighted by Crippen LogP contribution is 2.23. The number of carbonyl (C=O) groups is 3. The van der Waals surface area contributed by atoms with Gasteiger partial charge in [0.15, 0.2) is 6.61 Å². The number of urea groups is 1. The number of hydrogen-bond acceptors (Lipinski definition) is 6. The average Bonchev–Trinajstić information content (AvgIpc) is 2.79. The van der Waals surface area contributed by atoms with Crippen LogP contribution in [-0.4, -0.2) is 39.0 Å². The number of rotatable bonds is 7. The summed E-state index contributed by atoms with van der Waals surface area (Å²) >= 11 is 0. The Kier molecular flexibility index (Phi) is 8.27. The molecular formula is C24H29N3O6S. The molecule has 0 spiro atoms. The summed E-state index contributed by atoms with van der Waals surface area (Å²) < 4.78 is 33.3. The summed E-state index contributed by atoms with van der Waals surface area (Å²) in [6, 6.07) is 10.4. The van der Waals surface area contributed by atoms with Gasteiger partial charge in [-0.15, -0.1) is 0 Å². The van der Waals surface area contributed by atoms with Gasteiger partial charge in [-0.05, 0) is 56.0 Å². The molecule has 0 unspecified atom stereocenters. The van der Waals surface area contributed by atoms with Crippen LogP contribution in [0.15, 0.2) is 47.4 Å². The van der Waals surface area contributed by atoms with Gasteiger partial charge in [0.05, 0.1) is 16.1 Å². The maximum Gasteiger partial charge on any atom is 0.340 e. The Hall–Kier alpha value is -3.40. The highest BCUT2D eigenvalue weighted by molar-refractivity contribution is 7.92. The first-order valence-corrected chi connectivity index (χ1v) is 12.6. The van der Waals surface area contributed by atoms with Crippen molar-refractivity contribution in [1.29, 1.82) is 0 Å². The Morgan fingerprint density at radius 3 is 2.44 bits per heavy atom. The molecule has 0 heterocycles. The zero-order valence-corrected chi connectivity index (χ0v) is 20.0. The third-order valence-electron chi connectivity index (χ3n) is 5.55. The van der Waals surface area contributed by atoms with E-state index in [1.54, 1.807) is 44.2 Å². The maximum atomic E-state index is 12.9. The minimum atomic E-state index is -3.97. The van der Waals surface area contributed by atoms with E-state index in [0.29, 0.717) is 5.56 Å². The Balaban J connectivity index is 1.61. The van der Waals surface area contributed by atoms with Gasteiger partial charge >= 0.3 is 12.0 Å². The van der Waals surface area contributed by atoms with Crippen LogP contribution in [0.5, 0.6) is 0 Å². The van der Waals surface area contributed by atoms with Crippen LogP contribution in [0.4, 0.5) is 10.5 Å². The number of ether oxygens (including phenoxy) is 1. The van der Waals surface area contributed by atoms with Crippen molar-refractivity contribution >= 4 is 33.6 Å². The summed E-state index contributed by atoms with van der Waals surface area (Å²) in [6.07, 6.45) is 4.93. The van der Waals surface area contributed by atoms with Gasteiger partial charge in [0, 0.05) is 6.04 Å². The lowest BCUT2D eigenvalue weighted by Crippen LogP contribution is -2.46. The van der Waals surface area contributed by atoms with Crippen molar-refractivity contribution in [2.45, 2.75) is 56.9 Å². The van der Waals surface area contributed by atoms with Gasteiger partial charge in [0.1, 0.15) is 0 Å². The Labute approximate surface area is 199 Å². The van der Waals surface area contributed by atoms with Crippen LogP contribution >= 0.6 is 0 Å². The van der Waals surface area contributed by atoms with Gasteiger partial charge in [-0.25, -0.2) is 18.0 Å².